The van der Waals surface area contributed by atoms with Gasteiger partial charge in [-0.15, -0.1) is 0 Å². The molecule has 0 radical (unpaired) electrons. The predicted molar refractivity (Wildman–Crippen MR) is 137 cm³/mol. The van der Waals surface area contributed by atoms with Crippen LogP contribution in [0.4, 0.5) is 5.69 Å². The van der Waals surface area contributed by atoms with Gasteiger partial charge in [0.1, 0.15) is 17.5 Å². The number of anilines is 1. The summed E-state index contributed by atoms with van der Waals surface area (Å²) in [5, 5.41) is 1.30. The third kappa shape index (κ3) is 4.14. The van der Waals surface area contributed by atoms with E-state index in [2.05, 4.69) is 21.4 Å². The molecule has 3 atom stereocenters. The zero-order valence-electron chi connectivity index (χ0n) is 19.7. The van der Waals surface area contributed by atoms with Crippen molar-refractivity contribution in [2.75, 3.05) is 18.6 Å². The highest BCUT2D eigenvalue weighted by Gasteiger charge is 2.60. The minimum Gasteiger partial charge on any atom is -0.497 e. The van der Waals surface area contributed by atoms with Gasteiger partial charge in [-0.05, 0) is 67.1 Å². The van der Waals surface area contributed by atoms with Crippen LogP contribution < -0.4 is 19.8 Å². The molecule has 2 aliphatic heterocycles. The summed E-state index contributed by atoms with van der Waals surface area (Å²) in [6, 6.07) is 19.4. The van der Waals surface area contributed by atoms with Crippen LogP contribution in [0.1, 0.15) is 28.9 Å². The van der Waals surface area contributed by atoms with E-state index in [0.29, 0.717) is 29.4 Å². The number of ether oxygens (including phenoxy) is 2. The van der Waals surface area contributed by atoms with Crippen molar-refractivity contribution in [3.8, 4) is 11.5 Å². The number of carbonyl (C=O) groups is 3. The zero-order valence-corrected chi connectivity index (χ0v) is 21.3. The van der Waals surface area contributed by atoms with Crippen molar-refractivity contribution in [2.45, 2.75) is 19.0 Å². The minimum atomic E-state index is -1.01. The number of carbonyl (C=O) groups excluding carboxylic acids is 3. The van der Waals surface area contributed by atoms with Gasteiger partial charge >= 0.3 is 0 Å². The van der Waals surface area contributed by atoms with Gasteiger partial charge in [0, 0.05) is 10.0 Å². The third-order valence-corrected chi connectivity index (χ3v) is 6.88. The summed E-state index contributed by atoms with van der Waals surface area (Å²) in [7, 11) is 1.56. The molecular formula is C27H24BrN3O5. The standard InChI is InChI=1S/C27H24BrN3O5/c1-3-36-20-12-10-19(11-13-20)30-26(33)22-23(16-6-5-9-21(15-16)35-2)29-31(24(22)27(30)34)25(32)17-7-4-8-18(28)14-17/h4-15,22-24,29H,3H2,1-2H3. The second-order valence-electron chi connectivity index (χ2n) is 8.48. The molecule has 2 fully saturated rings. The quantitative estimate of drug-likeness (QED) is 0.465. The number of nitrogens with zero attached hydrogens (tertiary/aromatic N) is 2. The molecule has 9 heteroatoms. The van der Waals surface area contributed by atoms with Crippen LogP contribution in [0.15, 0.2) is 77.3 Å². The van der Waals surface area contributed by atoms with Crippen LogP contribution in [0.25, 0.3) is 0 Å². The molecule has 2 heterocycles. The van der Waals surface area contributed by atoms with E-state index >= 15 is 0 Å². The molecule has 0 bridgehead atoms. The predicted octanol–water partition coefficient (Wildman–Crippen LogP) is 4.12. The summed E-state index contributed by atoms with van der Waals surface area (Å²) in [5.41, 5.74) is 4.72. The lowest BCUT2D eigenvalue weighted by molar-refractivity contribution is -0.123. The van der Waals surface area contributed by atoms with Crippen LogP contribution in [0.5, 0.6) is 11.5 Å². The van der Waals surface area contributed by atoms with Gasteiger partial charge < -0.3 is 9.47 Å². The molecule has 3 aromatic carbocycles. The van der Waals surface area contributed by atoms with Gasteiger partial charge in [-0.3, -0.25) is 19.4 Å². The van der Waals surface area contributed by atoms with E-state index in [1.165, 1.54) is 9.91 Å². The van der Waals surface area contributed by atoms with E-state index in [1.807, 2.05) is 25.1 Å². The van der Waals surface area contributed by atoms with E-state index in [4.69, 9.17) is 9.47 Å². The molecule has 5 rings (SSSR count). The first-order chi connectivity index (χ1) is 17.4. The van der Waals surface area contributed by atoms with Crippen molar-refractivity contribution in [1.29, 1.82) is 0 Å². The highest BCUT2D eigenvalue weighted by Crippen LogP contribution is 2.43. The maximum Gasteiger partial charge on any atom is 0.268 e. The molecule has 184 valence electrons. The van der Waals surface area contributed by atoms with Crippen molar-refractivity contribution in [1.82, 2.24) is 10.4 Å². The van der Waals surface area contributed by atoms with Crippen LogP contribution in [0.2, 0.25) is 0 Å². The Hall–Kier alpha value is -3.69. The molecule has 36 heavy (non-hydrogen) atoms. The maximum atomic E-state index is 13.8. The van der Waals surface area contributed by atoms with Gasteiger partial charge in [0.25, 0.3) is 11.8 Å². The monoisotopic (exact) mass is 549 g/mol. The number of hydrogen-bond donors (Lipinski definition) is 1. The number of nitrogens with one attached hydrogen (secondary N) is 1. The van der Waals surface area contributed by atoms with Crippen molar-refractivity contribution in [3.05, 3.63) is 88.4 Å². The number of methoxy groups -OCH3 is 1. The first kappa shape index (κ1) is 24.0. The van der Waals surface area contributed by atoms with Gasteiger partial charge in [-0.1, -0.05) is 34.1 Å². The fraction of sp³-hybridized carbons (Fsp3) is 0.222. The number of amides is 3. The van der Waals surface area contributed by atoms with E-state index in [-0.39, 0.29) is 5.91 Å². The van der Waals surface area contributed by atoms with Gasteiger partial charge in [0.15, 0.2) is 0 Å². The number of imide groups is 1. The van der Waals surface area contributed by atoms with Crippen molar-refractivity contribution in [3.63, 3.8) is 0 Å². The van der Waals surface area contributed by atoms with Gasteiger partial charge in [0.05, 0.1) is 31.4 Å². The summed E-state index contributed by atoms with van der Waals surface area (Å²) >= 11 is 3.39. The summed E-state index contributed by atoms with van der Waals surface area (Å²) in [5.74, 6) is -0.793. The number of halogens is 1. The summed E-state index contributed by atoms with van der Waals surface area (Å²) in [4.78, 5) is 42.2. The number of fused-ring (bicyclic) bond motifs is 1. The Morgan fingerprint density at radius 3 is 2.42 bits per heavy atom. The van der Waals surface area contributed by atoms with Crippen LogP contribution in [-0.2, 0) is 9.59 Å². The lowest BCUT2D eigenvalue weighted by Gasteiger charge is -2.25. The van der Waals surface area contributed by atoms with Crippen LogP contribution in [0.3, 0.4) is 0 Å². The van der Waals surface area contributed by atoms with E-state index < -0.39 is 29.8 Å². The molecule has 0 aromatic heterocycles. The molecular weight excluding hydrogens is 526 g/mol. The van der Waals surface area contributed by atoms with E-state index in [1.54, 1.807) is 61.7 Å². The van der Waals surface area contributed by atoms with Gasteiger partial charge in [-0.25, -0.2) is 10.3 Å². The second-order valence-corrected chi connectivity index (χ2v) is 9.39. The fourth-order valence-corrected chi connectivity index (χ4v) is 5.16. The summed E-state index contributed by atoms with van der Waals surface area (Å²) in [6.07, 6.45) is 0. The van der Waals surface area contributed by atoms with E-state index in [0.717, 1.165) is 10.0 Å². The Morgan fingerprint density at radius 2 is 1.72 bits per heavy atom. The van der Waals surface area contributed by atoms with Crippen molar-refractivity contribution >= 4 is 39.3 Å². The highest BCUT2D eigenvalue weighted by atomic mass is 79.9. The first-order valence-electron chi connectivity index (χ1n) is 11.5. The lowest BCUT2D eigenvalue weighted by Crippen LogP contribution is -2.48. The molecule has 3 amide bonds. The fourth-order valence-electron chi connectivity index (χ4n) is 4.76. The Labute approximate surface area is 216 Å². The smallest absolute Gasteiger partial charge is 0.268 e. The van der Waals surface area contributed by atoms with Crippen LogP contribution >= 0.6 is 15.9 Å². The highest BCUT2D eigenvalue weighted by molar-refractivity contribution is 9.10. The Morgan fingerprint density at radius 1 is 0.972 bits per heavy atom. The SMILES string of the molecule is CCOc1ccc(N2C(=O)C3C(c4cccc(OC)c4)NN(C(=O)c4cccc(Br)c4)C3C2=O)cc1. The first-order valence-corrected chi connectivity index (χ1v) is 12.3. The molecule has 2 saturated heterocycles. The number of hydrazine groups is 1. The third-order valence-electron chi connectivity index (χ3n) is 6.38. The molecule has 3 unspecified atom stereocenters. The van der Waals surface area contributed by atoms with Crippen LogP contribution in [-0.4, -0.2) is 42.5 Å². The van der Waals surface area contributed by atoms with Crippen molar-refractivity contribution < 1.29 is 23.9 Å². The number of rotatable bonds is 6. The Kier molecular flexibility index (Phi) is 6.51. The number of benzene rings is 3. The largest absolute Gasteiger partial charge is 0.497 e. The zero-order chi connectivity index (χ0) is 25.4. The molecule has 1 N–H and O–H groups in total. The van der Waals surface area contributed by atoms with Crippen molar-refractivity contribution in [2.24, 2.45) is 5.92 Å². The maximum absolute atomic E-state index is 13.8. The molecule has 0 aliphatic carbocycles. The van der Waals surface area contributed by atoms with E-state index in [9.17, 15) is 14.4 Å². The van der Waals surface area contributed by atoms with Gasteiger partial charge in [-0.2, -0.15) is 0 Å². The Bertz CT molecular complexity index is 1330. The number of hydrogen-bond acceptors (Lipinski definition) is 6. The van der Waals surface area contributed by atoms with Crippen LogP contribution in [0, 0.1) is 5.92 Å². The normalized spacial score (nSPS) is 21.0. The summed E-state index contributed by atoms with van der Waals surface area (Å²) < 4.78 is 11.6. The molecule has 3 aromatic rings. The topological polar surface area (TPSA) is 88.2 Å². The summed E-state index contributed by atoms with van der Waals surface area (Å²) in [6.45, 7) is 2.39. The average molecular weight is 550 g/mol. The molecule has 0 spiro atoms. The lowest BCUT2D eigenvalue weighted by atomic mass is 9.90. The molecule has 8 nitrogen and oxygen atoms in total. The minimum absolute atomic E-state index is 0.376. The average Bonchev–Trinajstić information content (AvgIpc) is 3.41. The second kappa shape index (κ2) is 9.75. The molecule has 0 saturated carbocycles. The van der Waals surface area contributed by atoms with Gasteiger partial charge in [0.2, 0.25) is 5.91 Å². The molecule has 2 aliphatic rings. The Balaban J connectivity index is 1.55.